The summed E-state index contributed by atoms with van der Waals surface area (Å²) < 4.78 is 21.4. The molecule has 5 nitrogen and oxygen atoms in total. The third-order valence-corrected chi connectivity index (χ3v) is 6.28. The van der Waals surface area contributed by atoms with Crippen molar-refractivity contribution >= 4 is 11.6 Å². The molecule has 0 spiro atoms. The van der Waals surface area contributed by atoms with Crippen molar-refractivity contribution in [2.75, 3.05) is 7.05 Å². The second kappa shape index (κ2) is 8.00. The summed E-state index contributed by atoms with van der Waals surface area (Å²) >= 11 is 6.26. The summed E-state index contributed by atoms with van der Waals surface area (Å²) in [5.74, 6) is 2.82. The summed E-state index contributed by atoms with van der Waals surface area (Å²) in [6, 6.07) is 12.3. The number of benzene rings is 2. The fourth-order valence-electron chi connectivity index (χ4n) is 4.59. The first kappa shape index (κ1) is 19.5. The Morgan fingerprint density at radius 2 is 1.77 bits per heavy atom. The molecular weight excluding hydrogens is 403 g/mol. The van der Waals surface area contributed by atoms with Crippen LogP contribution in [-0.2, 0) is 13.1 Å². The quantitative estimate of drug-likeness (QED) is 0.583. The van der Waals surface area contributed by atoms with E-state index in [0.29, 0.717) is 5.92 Å². The van der Waals surface area contributed by atoms with Gasteiger partial charge < -0.3 is 4.74 Å². The van der Waals surface area contributed by atoms with Crippen LogP contribution in [0.15, 0.2) is 42.5 Å². The largest absolute Gasteiger partial charge is 0.490 e. The molecule has 0 amide bonds. The van der Waals surface area contributed by atoms with Gasteiger partial charge in [0.2, 0.25) is 0 Å². The average molecular weight is 427 g/mol. The minimum absolute atomic E-state index is 0.149. The van der Waals surface area contributed by atoms with Crippen molar-refractivity contribution in [1.29, 1.82) is 0 Å². The molecule has 7 heteroatoms. The molecule has 0 radical (unpaired) electrons. The third kappa shape index (κ3) is 3.82. The van der Waals surface area contributed by atoms with Crippen LogP contribution in [0, 0.1) is 5.82 Å². The molecule has 0 atom stereocenters. The molecule has 0 N–H and O–H groups in total. The summed E-state index contributed by atoms with van der Waals surface area (Å²) in [6.07, 6.45) is 4.01. The van der Waals surface area contributed by atoms with Gasteiger partial charge in [-0.15, -0.1) is 10.2 Å². The van der Waals surface area contributed by atoms with E-state index in [0.717, 1.165) is 66.9 Å². The van der Waals surface area contributed by atoms with E-state index < -0.39 is 0 Å². The van der Waals surface area contributed by atoms with Crippen LogP contribution < -0.4 is 4.74 Å². The maximum atomic E-state index is 13.1. The Balaban J connectivity index is 1.36. The topological polar surface area (TPSA) is 43.2 Å². The van der Waals surface area contributed by atoms with Gasteiger partial charge in [-0.05, 0) is 80.8 Å². The van der Waals surface area contributed by atoms with E-state index in [1.807, 2.05) is 12.1 Å². The van der Waals surface area contributed by atoms with Crippen molar-refractivity contribution in [3.8, 4) is 11.4 Å². The van der Waals surface area contributed by atoms with E-state index in [-0.39, 0.29) is 11.9 Å². The van der Waals surface area contributed by atoms with Crippen LogP contribution in [0.1, 0.15) is 48.8 Å². The monoisotopic (exact) mass is 426 g/mol. The van der Waals surface area contributed by atoms with Gasteiger partial charge in [0.15, 0.2) is 5.82 Å². The second-order valence-electron chi connectivity index (χ2n) is 8.30. The third-order valence-electron chi connectivity index (χ3n) is 6.04. The van der Waals surface area contributed by atoms with Crippen LogP contribution in [0.5, 0.6) is 5.75 Å². The van der Waals surface area contributed by atoms with Gasteiger partial charge in [0, 0.05) is 17.5 Å². The lowest BCUT2D eigenvalue weighted by molar-refractivity contribution is 0.144. The summed E-state index contributed by atoms with van der Waals surface area (Å²) in [6.45, 7) is 1.58. The highest BCUT2D eigenvalue weighted by Crippen LogP contribution is 2.37. The molecule has 0 saturated heterocycles. The van der Waals surface area contributed by atoms with Gasteiger partial charge in [-0.2, -0.15) is 0 Å². The Hall–Kier alpha value is -2.44. The predicted octanol–water partition coefficient (Wildman–Crippen LogP) is 5.11. The highest BCUT2D eigenvalue weighted by Gasteiger charge is 2.30. The maximum absolute atomic E-state index is 13.1. The molecule has 0 unspecified atom stereocenters. The Kier molecular flexibility index (Phi) is 5.21. The number of halogens is 2. The summed E-state index contributed by atoms with van der Waals surface area (Å²) in [4.78, 5) is 2.24. The van der Waals surface area contributed by atoms with Crippen molar-refractivity contribution in [3.63, 3.8) is 0 Å². The van der Waals surface area contributed by atoms with Crippen molar-refractivity contribution in [2.24, 2.45) is 0 Å². The van der Waals surface area contributed by atoms with Gasteiger partial charge >= 0.3 is 0 Å². The molecular formula is C23H24ClFN4O. The molecule has 1 saturated carbocycles. The number of aromatic nitrogens is 3. The van der Waals surface area contributed by atoms with Crippen LogP contribution in [0.25, 0.3) is 5.69 Å². The van der Waals surface area contributed by atoms with Crippen LogP contribution in [0.4, 0.5) is 4.39 Å². The van der Waals surface area contributed by atoms with Crippen molar-refractivity contribution in [3.05, 3.63) is 70.5 Å². The molecule has 1 fully saturated rings. The second-order valence-corrected chi connectivity index (χ2v) is 8.74. The SMILES string of the molecule is CN1Cc2cc(Cl)ccc2-n2c(nnc2[C@H]2CC[C@H](Oc3ccc(F)cc3)CC2)C1. The molecule has 3 aromatic rings. The lowest BCUT2D eigenvalue weighted by atomic mass is 9.86. The summed E-state index contributed by atoms with van der Waals surface area (Å²) in [5, 5.41) is 9.89. The minimum atomic E-state index is -0.245. The number of fused-ring (bicyclic) bond motifs is 3. The zero-order valence-corrected chi connectivity index (χ0v) is 17.6. The number of rotatable bonds is 3. The molecule has 2 heterocycles. The minimum Gasteiger partial charge on any atom is -0.490 e. The van der Waals surface area contributed by atoms with Gasteiger partial charge in [0.25, 0.3) is 0 Å². The zero-order chi connectivity index (χ0) is 20.7. The first-order valence-electron chi connectivity index (χ1n) is 10.4. The first-order valence-corrected chi connectivity index (χ1v) is 10.8. The summed E-state index contributed by atoms with van der Waals surface area (Å²) in [7, 11) is 2.09. The van der Waals surface area contributed by atoms with Crippen molar-refractivity contribution in [2.45, 2.75) is 50.8 Å². The molecule has 1 aliphatic carbocycles. The molecule has 0 bridgehead atoms. The molecule has 1 aromatic heterocycles. The molecule has 1 aliphatic heterocycles. The lowest BCUT2D eigenvalue weighted by Crippen LogP contribution is -2.25. The molecule has 30 heavy (non-hydrogen) atoms. The zero-order valence-electron chi connectivity index (χ0n) is 16.9. The van der Waals surface area contributed by atoms with Crippen LogP contribution >= 0.6 is 11.6 Å². The van der Waals surface area contributed by atoms with Gasteiger partial charge in [-0.1, -0.05) is 11.6 Å². The van der Waals surface area contributed by atoms with Gasteiger partial charge in [-0.25, -0.2) is 4.39 Å². The average Bonchev–Trinajstić information content (AvgIpc) is 3.07. The van der Waals surface area contributed by atoms with Gasteiger partial charge in [-0.3, -0.25) is 9.47 Å². The standard InChI is InChI=1S/C23H24ClFN4O/c1-28-13-16-12-17(24)4-11-21(16)29-22(14-28)26-27-23(29)15-2-7-19(8-3-15)30-20-9-5-18(25)6-10-20/h4-6,9-12,15,19H,2-3,7-8,13-14H2,1H3/t15-,19-. The van der Waals surface area contributed by atoms with E-state index >= 15 is 0 Å². The predicted molar refractivity (Wildman–Crippen MR) is 114 cm³/mol. The fourth-order valence-corrected chi connectivity index (χ4v) is 4.79. The van der Waals surface area contributed by atoms with E-state index in [2.05, 4.69) is 32.8 Å². The van der Waals surface area contributed by atoms with Gasteiger partial charge in [0.1, 0.15) is 17.4 Å². The molecule has 2 aromatic carbocycles. The van der Waals surface area contributed by atoms with Crippen LogP contribution in [0.2, 0.25) is 5.02 Å². The van der Waals surface area contributed by atoms with E-state index in [4.69, 9.17) is 16.3 Å². The highest BCUT2D eigenvalue weighted by atomic mass is 35.5. The number of nitrogens with zero attached hydrogens (tertiary/aromatic N) is 4. The van der Waals surface area contributed by atoms with Crippen molar-refractivity contribution < 1.29 is 9.13 Å². The fraction of sp³-hybridized carbons (Fsp3) is 0.391. The van der Waals surface area contributed by atoms with Gasteiger partial charge in [0.05, 0.1) is 18.3 Å². The smallest absolute Gasteiger partial charge is 0.151 e. The molecule has 156 valence electrons. The molecule has 2 aliphatic rings. The Morgan fingerprint density at radius 3 is 2.53 bits per heavy atom. The number of hydrogen-bond acceptors (Lipinski definition) is 4. The van der Waals surface area contributed by atoms with E-state index in [1.54, 1.807) is 12.1 Å². The maximum Gasteiger partial charge on any atom is 0.151 e. The van der Waals surface area contributed by atoms with Crippen molar-refractivity contribution in [1.82, 2.24) is 19.7 Å². The lowest BCUT2D eigenvalue weighted by Gasteiger charge is -2.29. The number of hydrogen-bond donors (Lipinski definition) is 0. The summed E-state index contributed by atoms with van der Waals surface area (Å²) in [5.41, 5.74) is 2.32. The van der Waals surface area contributed by atoms with Crippen LogP contribution in [-0.4, -0.2) is 32.8 Å². The molecule has 5 rings (SSSR count). The normalized spacial score (nSPS) is 21.6. The first-order chi connectivity index (χ1) is 14.6. The number of ether oxygens (including phenoxy) is 1. The van der Waals surface area contributed by atoms with E-state index in [9.17, 15) is 4.39 Å². The Morgan fingerprint density at radius 1 is 1.00 bits per heavy atom. The van der Waals surface area contributed by atoms with E-state index in [1.165, 1.54) is 17.7 Å². The highest BCUT2D eigenvalue weighted by molar-refractivity contribution is 6.30. The Bertz CT molecular complexity index is 1040. The Labute approximate surface area is 180 Å². The van der Waals surface area contributed by atoms with Crippen LogP contribution in [0.3, 0.4) is 0 Å².